The lowest BCUT2D eigenvalue weighted by Crippen LogP contribution is -2.54. The summed E-state index contributed by atoms with van der Waals surface area (Å²) in [5, 5.41) is 0. The maximum atomic E-state index is 12.2. The van der Waals surface area contributed by atoms with Gasteiger partial charge in [-0.2, -0.15) is 0 Å². The van der Waals surface area contributed by atoms with Gasteiger partial charge in [0.15, 0.2) is 0 Å². The molecule has 2 aliphatic rings. The van der Waals surface area contributed by atoms with Crippen molar-refractivity contribution in [3.63, 3.8) is 0 Å². The average molecular weight is 268 g/mol. The molecule has 2 rings (SSSR count). The number of piperidine rings is 1. The minimum atomic E-state index is -0.0245. The van der Waals surface area contributed by atoms with E-state index in [-0.39, 0.29) is 12.0 Å². The Morgan fingerprint density at radius 3 is 2.68 bits per heavy atom. The van der Waals surface area contributed by atoms with Crippen LogP contribution in [0.5, 0.6) is 0 Å². The number of likely N-dealkylation sites (tertiary alicyclic amines) is 1. The fraction of sp³-hybridized carbons (Fsp3) is 0.933. The second-order valence-electron chi connectivity index (χ2n) is 5.85. The van der Waals surface area contributed by atoms with Crippen LogP contribution in [0.4, 0.5) is 0 Å². The summed E-state index contributed by atoms with van der Waals surface area (Å²) in [6, 6.07) is 0.472. The summed E-state index contributed by atoms with van der Waals surface area (Å²) < 4.78 is 5.26. The third-order valence-corrected chi connectivity index (χ3v) is 4.70. The van der Waals surface area contributed by atoms with E-state index in [4.69, 9.17) is 10.5 Å². The summed E-state index contributed by atoms with van der Waals surface area (Å²) in [6.45, 7) is 4.14. The van der Waals surface area contributed by atoms with Crippen molar-refractivity contribution >= 4 is 5.97 Å². The molecule has 19 heavy (non-hydrogen) atoms. The van der Waals surface area contributed by atoms with Crippen molar-refractivity contribution < 1.29 is 9.53 Å². The summed E-state index contributed by atoms with van der Waals surface area (Å²) in [7, 11) is 0. The lowest BCUT2D eigenvalue weighted by atomic mass is 9.81. The third-order valence-electron chi connectivity index (χ3n) is 4.70. The fourth-order valence-electron chi connectivity index (χ4n) is 3.74. The zero-order chi connectivity index (χ0) is 13.7. The van der Waals surface area contributed by atoms with E-state index >= 15 is 0 Å². The smallest absolute Gasteiger partial charge is 0.323 e. The van der Waals surface area contributed by atoms with Crippen molar-refractivity contribution in [3.8, 4) is 0 Å². The van der Waals surface area contributed by atoms with Crippen LogP contribution >= 0.6 is 0 Å². The van der Waals surface area contributed by atoms with Gasteiger partial charge in [-0.3, -0.25) is 9.69 Å². The van der Waals surface area contributed by atoms with Gasteiger partial charge in [0.05, 0.1) is 6.61 Å². The molecular weight excluding hydrogens is 240 g/mol. The van der Waals surface area contributed by atoms with E-state index in [2.05, 4.69) is 4.90 Å². The molecule has 0 aromatic carbocycles. The van der Waals surface area contributed by atoms with Crippen molar-refractivity contribution in [1.82, 2.24) is 4.90 Å². The SMILES string of the molecule is CCOC(=O)C1CCCCN1C1CCCCC1CN. The molecule has 0 spiro atoms. The molecule has 0 aromatic rings. The summed E-state index contributed by atoms with van der Waals surface area (Å²) in [6.07, 6.45) is 8.25. The van der Waals surface area contributed by atoms with Gasteiger partial charge in [0.25, 0.3) is 0 Å². The Bertz CT molecular complexity index is 296. The Labute approximate surface area is 116 Å². The van der Waals surface area contributed by atoms with Gasteiger partial charge in [-0.05, 0) is 51.6 Å². The second kappa shape index (κ2) is 7.25. The molecule has 0 bridgehead atoms. The van der Waals surface area contributed by atoms with Crippen molar-refractivity contribution in [2.45, 2.75) is 64.0 Å². The number of hydrogen-bond acceptors (Lipinski definition) is 4. The van der Waals surface area contributed by atoms with E-state index in [1.165, 1.54) is 32.1 Å². The standard InChI is InChI=1S/C15H28N2O2/c1-2-19-15(18)14-9-5-6-10-17(14)13-8-4-3-7-12(13)11-16/h12-14H,2-11,16H2,1H3. The summed E-state index contributed by atoms with van der Waals surface area (Å²) >= 11 is 0. The van der Waals surface area contributed by atoms with Crippen molar-refractivity contribution in [2.24, 2.45) is 11.7 Å². The molecule has 1 aliphatic heterocycles. The number of nitrogens with two attached hydrogens (primary N) is 1. The molecule has 0 aromatic heterocycles. The summed E-state index contributed by atoms with van der Waals surface area (Å²) in [5.41, 5.74) is 5.94. The Kier molecular flexibility index (Phi) is 5.64. The minimum absolute atomic E-state index is 0.0224. The van der Waals surface area contributed by atoms with Gasteiger partial charge >= 0.3 is 5.97 Å². The summed E-state index contributed by atoms with van der Waals surface area (Å²) in [4.78, 5) is 14.6. The molecule has 3 atom stereocenters. The first-order valence-electron chi connectivity index (χ1n) is 7.90. The van der Waals surface area contributed by atoms with E-state index in [9.17, 15) is 4.79 Å². The minimum Gasteiger partial charge on any atom is -0.465 e. The zero-order valence-corrected chi connectivity index (χ0v) is 12.1. The first kappa shape index (κ1) is 14.8. The highest BCUT2D eigenvalue weighted by Crippen LogP contribution is 2.32. The number of nitrogens with zero attached hydrogens (tertiary/aromatic N) is 1. The molecular formula is C15H28N2O2. The van der Waals surface area contributed by atoms with Gasteiger partial charge in [-0.15, -0.1) is 0 Å². The molecule has 1 aliphatic carbocycles. The van der Waals surface area contributed by atoms with Crippen LogP contribution < -0.4 is 5.73 Å². The number of rotatable bonds is 4. The number of carbonyl (C=O) groups excluding carboxylic acids is 1. The lowest BCUT2D eigenvalue weighted by molar-refractivity contribution is -0.153. The van der Waals surface area contributed by atoms with Crippen molar-refractivity contribution in [1.29, 1.82) is 0 Å². The highest BCUT2D eigenvalue weighted by Gasteiger charge is 2.38. The zero-order valence-electron chi connectivity index (χ0n) is 12.1. The van der Waals surface area contributed by atoms with Crippen LogP contribution in [0.2, 0.25) is 0 Å². The molecule has 2 N–H and O–H groups in total. The molecule has 3 unspecified atom stereocenters. The number of carbonyl (C=O) groups is 1. The monoisotopic (exact) mass is 268 g/mol. The largest absolute Gasteiger partial charge is 0.465 e. The molecule has 1 saturated heterocycles. The van der Waals surface area contributed by atoms with E-state index < -0.39 is 0 Å². The second-order valence-corrected chi connectivity index (χ2v) is 5.85. The third kappa shape index (κ3) is 3.48. The maximum Gasteiger partial charge on any atom is 0.323 e. The predicted octanol–water partition coefficient (Wildman–Crippen LogP) is 1.92. The maximum absolute atomic E-state index is 12.2. The van der Waals surface area contributed by atoms with E-state index in [0.29, 0.717) is 18.6 Å². The topological polar surface area (TPSA) is 55.6 Å². The van der Waals surface area contributed by atoms with Crippen LogP contribution in [0.1, 0.15) is 51.9 Å². The van der Waals surface area contributed by atoms with Crippen molar-refractivity contribution in [2.75, 3.05) is 19.7 Å². The number of hydrogen-bond donors (Lipinski definition) is 1. The average Bonchev–Trinajstić information content (AvgIpc) is 2.47. The van der Waals surface area contributed by atoms with E-state index in [1.54, 1.807) is 0 Å². The Hall–Kier alpha value is -0.610. The molecule has 110 valence electrons. The molecule has 0 amide bonds. The van der Waals surface area contributed by atoms with Gasteiger partial charge in [0.1, 0.15) is 6.04 Å². The number of esters is 1. The predicted molar refractivity (Wildman–Crippen MR) is 75.8 cm³/mol. The van der Waals surface area contributed by atoms with Gasteiger partial charge < -0.3 is 10.5 Å². The summed E-state index contributed by atoms with van der Waals surface area (Å²) in [5.74, 6) is 0.535. The first-order valence-corrected chi connectivity index (χ1v) is 7.90. The molecule has 4 heteroatoms. The van der Waals surface area contributed by atoms with Gasteiger partial charge in [-0.25, -0.2) is 0 Å². The van der Waals surface area contributed by atoms with Crippen LogP contribution in [0.15, 0.2) is 0 Å². The van der Waals surface area contributed by atoms with E-state index in [0.717, 1.165) is 25.9 Å². The Morgan fingerprint density at radius 1 is 1.21 bits per heavy atom. The molecule has 1 saturated carbocycles. The first-order chi connectivity index (χ1) is 9.27. The lowest BCUT2D eigenvalue weighted by Gasteiger charge is -2.45. The molecule has 2 fully saturated rings. The van der Waals surface area contributed by atoms with Gasteiger partial charge in [-0.1, -0.05) is 19.3 Å². The van der Waals surface area contributed by atoms with E-state index in [1.807, 2.05) is 6.92 Å². The normalized spacial score (nSPS) is 33.1. The van der Waals surface area contributed by atoms with Crippen LogP contribution in [0.3, 0.4) is 0 Å². The molecule has 0 radical (unpaired) electrons. The quantitative estimate of drug-likeness (QED) is 0.792. The highest BCUT2D eigenvalue weighted by molar-refractivity contribution is 5.76. The number of ether oxygens (including phenoxy) is 1. The van der Waals surface area contributed by atoms with Crippen LogP contribution in [-0.2, 0) is 9.53 Å². The highest BCUT2D eigenvalue weighted by atomic mass is 16.5. The van der Waals surface area contributed by atoms with Crippen LogP contribution in [0, 0.1) is 5.92 Å². The van der Waals surface area contributed by atoms with Crippen molar-refractivity contribution in [3.05, 3.63) is 0 Å². The van der Waals surface area contributed by atoms with Gasteiger partial charge in [0, 0.05) is 6.04 Å². The Morgan fingerprint density at radius 2 is 1.95 bits per heavy atom. The molecule has 1 heterocycles. The van der Waals surface area contributed by atoms with Crippen LogP contribution in [0.25, 0.3) is 0 Å². The fourth-order valence-corrected chi connectivity index (χ4v) is 3.74. The molecule has 4 nitrogen and oxygen atoms in total. The van der Waals surface area contributed by atoms with Crippen LogP contribution in [-0.4, -0.2) is 42.6 Å². The Balaban J connectivity index is 2.06. The van der Waals surface area contributed by atoms with Gasteiger partial charge in [0.2, 0.25) is 0 Å².